The number of amides is 4. The van der Waals surface area contributed by atoms with Crippen molar-refractivity contribution in [2.75, 3.05) is 131 Å². The standard InChI is InChI=1S/C40H52N4O3.C32H50N4O.C28H41N3O.C12H12BrNO2.ClH/c1-39(2)20-21-40(3,4)34-28-29(16-17-33(34)39)35-14-11-15-36(41-35)43-25-18-30(19-26-43)42(23-9-10-27-45)22-7-8-24-44-37(46)31-12-5-6-13-32(31)38(44)47;1-31(2)16-17-32(3,4)28-24-25(12-13-27(28)31)29-10-9-11-30(34-29)36-21-14-26(15-22-36)35(19-6-5-18-33)20-7-8-23-37;1-27(2)14-15-28(3,4)24-20-21(10-11-23(24)27)25-8-7-9-26(30-25)31-17-12-22(13-18-31)29-16-5-6-19-32;13-7-3-4-8-14-11(15)9-5-1-2-6-10(9)12(14)16;/h5-6,11-17,28,30,45H,7-10,18-27H2,1-4H3;9-13,24,26,37H,5-8,14-23,33H2,1-4H3;7-11,20,22,29,32H,5-6,12-19H2,1-4H3;1-2,5-6H,3-4,7-8H2;1H. The highest BCUT2D eigenvalue weighted by Gasteiger charge is 2.42. The zero-order chi connectivity index (χ0) is 94.0. The average Bonchev–Trinajstić information content (AvgIpc) is 1.57. The van der Waals surface area contributed by atoms with Gasteiger partial charge in [0.15, 0.2) is 0 Å². The molecule has 6 N–H and O–H groups in total. The molecule has 4 amide bonds. The van der Waals surface area contributed by atoms with Crippen LogP contribution >= 0.6 is 28.3 Å². The molecule has 21 heteroatoms. The van der Waals surface area contributed by atoms with Crippen molar-refractivity contribution in [3.8, 4) is 33.8 Å². The number of piperidine rings is 3. The maximum Gasteiger partial charge on any atom is 0.261 e. The number of rotatable bonds is 34. The minimum atomic E-state index is -0.171. The summed E-state index contributed by atoms with van der Waals surface area (Å²) in [6.07, 6.45) is 25.5. The first-order valence-corrected chi connectivity index (χ1v) is 51.3. The van der Waals surface area contributed by atoms with Gasteiger partial charge in [0.1, 0.15) is 17.5 Å². The summed E-state index contributed by atoms with van der Waals surface area (Å²) in [7, 11) is 0. The minimum absolute atomic E-state index is 0. The number of aliphatic hydroxyl groups excluding tert-OH is 3. The van der Waals surface area contributed by atoms with Crippen molar-refractivity contribution in [2.24, 2.45) is 5.73 Å². The number of hydrogen-bond acceptors (Lipinski definition) is 17. The summed E-state index contributed by atoms with van der Waals surface area (Å²) in [6, 6.07) is 56.3. The molecule has 16 rings (SSSR count). The summed E-state index contributed by atoms with van der Waals surface area (Å²) in [6.45, 7) is 42.3. The number of benzene rings is 5. The molecule has 8 aliphatic rings. The van der Waals surface area contributed by atoms with Crippen molar-refractivity contribution >= 4 is 69.4 Å². The number of imide groups is 2. The monoisotopic (exact) mass is 1900 g/mol. The van der Waals surface area contributed by atoms with E-state index in [1.807, 2.05) is 12.1 Å². The number of aromatic nitrogens is 3. The normalized spacial score (nSPS) is 18.7. The molecule has 0 unspecified atom stereocenters. The van der Waals surface area contributed by atoms with Crippen LogP contribution in [0.15, 0.2) is 158 Å². The van der Waals surface area contributed by atoms with Gasteiger partial charge in [-0.15, -0.1) is 12.4 Å². The molecule has 5 aromatic carbocycles. The third kappa shape index (κ3) is 25.8. The Balaban J connectivity index is 0.000000168. The maximum absolute atomic E-state index is 12.8. The summed E-state index contributed by atoms with van der Waals surface area (Å²) in [5.74, 6) is 2.59. The van der Waals surface area contributed by atoms with Gasteiger partial charge in [-0.3, -0.25) is 29.0 Å². The van der Waals surface area contributed by atoms with E-state index >= 15 is 0 Å². The Morgan fingerprint density at radius 3 is 0.970 bits per heavy atom. The molecular formula is C112H156BrClN12O7. The van der Waals surface area contributed by atoms with Gasteiger partial charge in [-0.1, -0.05) is 178 Å². The molecule has 3 fully saturated rings. The fourth-order valence-corrected chi connectivity index (χ4v) is 21.8. The summed E-state index contributed by atoms with van der Waals surface area (Å²) < 4.78 is 0. The molecule has 0 saturated carbocycles. The minimum Gasteiger partial charge on any atom is -0.396 e. The van der Waals surface area contributed by atoms with Crippen LogP contribution in [0.4, 0.5) is 17.5 Å². The number of hydrogen-bond donors (Lipinski definition) is 5. The van der Waals surface area contributed by atoms with E-state index in [1.54, 1.807) is 36.4 Å². The molecule has 19 nitrogen and oxygen atoms in total. The van der Waals surface area contributed by atoms with Gasteiger partial charge < -0.3 is 50.9 Å². The highest BCUT2D eigenvalue weighted by Crippen LogP contribution is 2.50. The average molecular weight is 1900 g/mol. The molecule has 8 heterocycles. The van der Waals surface area contributed by atoms with Crippen molar-refractivity contribution in [3.05, 3.63) is 213 Å². The summed E-state index contributed by atoms with van der Waals surface area (Å²) in [4.78, 5) is 80.1. The Kier molecular flexibility index (Phi) is 36.8. The van der Waals surface area contributed by atoms with Crippen molar-refractivity contribution in [3.63, 3.8) is 0 Å². The van der Waals surface area contributed by atoms with Gasteiger partial charge in [0.25, 0.3) is 23.6 Å². The van der Waals surface area contributed by atoms with Gasteiger partial charge in [-0.25, -0.2) is 15.0 Å². The number of fused-ring (bicyclic) bond motifs is 5. The second-order valence-electron chi connectivity index (χ2n) is 42.5. The SMILES string of the molecule is CC1(C)CCC(C)(C)c2cc(-c3cccc(N4CCC(N(CCCCN)CCCCO)CC4)n3)ccc21.CC1(C)CCC(C)(C)c2cc(-c3cccc(N4CCC(N(CCCCO)CCCCN5C(=O)c6ccccc6C5=O)CC4)n3)ccc21.CC1(C)CCC(C)(C)c2cc(-c3cccc(N4CCC(NCCCCO)CC4)n3)ccc21.Cl.O=C1c2ccccc2C(=O)N1CCCCBr. The molecular weight excluding hydrogens is 1740 g/mol. The van der Waals surface area contributed by atoms with Crippen molar-refractivity contribution in [2.45, 2.75) is 288 Å². The first kappa shape index (κ1) is 104. The molecule has 5 aliphatic heterocycles. The summed E-state index contributed by atoms with van der Waals surface area (Å²) in [5, 5.41) is 32.1. The quantitative estimate of drug-likeness (QED) is 0.0143. The lowest BCUT2D eigenvalue weighted by Gasteiger charge is -2.42. The maximum atomic E-state index is 12.8. The van der Waals surface area contributed by atoms with Crippen LogP contribution < -0.4 is 25.8 Å². The van der Waals surface area contributed by atoms with Crippen LogP contribution in [0.2, 0.25) is 0 Å². The highest BCUT2D eigenvalue weighted by atomic mass is 79.9. The van der Waals surface area contributed by atoms with Gasteiger partial charge in [-0.05, 0) is 338 Å². The van der Waals surface area contributed by atoms with Gasteiger partial charge in [0.2, 0.25) is 0 Å². The van der Waals surface area contributed by atoms with Gasteiger partial charge >= 0.3 is 0 Å². The lowest BCUT2D eigenvalue weighted by Crippen LogP contribution is -2.46. The molecule has 3 aromatic heterocycles. The third-order valence-electron chi connectivity index (χ3n) is 30.3. The second-order valence-corrected chi connectivity index (χ2v) is 43.3. The number of carbonyl (C=O) groups is 4. The Morgan fingerprint density at radius 1 is 0.361 bits per heavy atom. The molecule has 3 saturated heterocycles. The van der Waals surface area contributed by atoms with Crippen LogP contribution in [0, 0.1) is 0 Å². The van der Waals surface area contributed by atoms with Crippen molar-refractivity contribution in [1.29, 1.82) is 0 Å². The van der Waals surface area contributed by atoms with Crippen LogP contribution in [0.5, 0.6) is 0 Å². The summed E-state index contributed by atoms with van der Waals surface area (Å²) in [5.41, 5.74) is 24.9. The van der Waals surface area contributed by atoms with Gasteiger partial charge in [0, 0.05) is 112 Å². The molecule has 720 valence electrons. The molecule has 3 aliphatic carbocycles. The van der Waals surface area contributed by atoms with E-state index in [1.165, 1.54) is 98.4 Å². The zero-order valence-corrected chi connectivity index (χ0v) is 84.7. The largest absolute Gasteiger partial charge is 0.396 e. The Labute approximate surface area is 810 Å². The zero-order valence-electron chi connectivity index (χ0n) is 82.3. The molecule has 133 heavy (non-hydrogen) atoms. The van der Waals surface area contributed by atoms with Crippen molar-refractivity contribution < 1.29 is 34.5 Å². The van der Waals surface area contributed by atoms with Gasteiger partial charge in [0.05, 0.1) is 39.3 Å². The van der Waals surface area contributed by atoms with E-state index in [0.717, 1.165) is 234 Å². The third-order valence-corrected chi connectivity index (χ3v) is 30.9. The van der Waals surface area contributed by atoms with E-state index in [9.17, 15) is 29.4 Å². The number of alkyl halides is 1. The van der Waals surface area contributed by atoms with Crippen LogP contribution in [-0.4, -0.2) is 208 Å². The van der Waals surface area contributed by atoms with Crippen LogP contribution in [-0.2, 0) is 32.5 Å². The van der Waals surface area contributed by atoms with Crippen LogP contribution in [0.1, 0.15) is 312 Å². The molecule has 0 atom stereocenters. The Morgan fingerprint density at radius 2 is 0.654 bits per heavy atom. The van der Waals surface area contributed by atoms with Crippen molar-refractivity contribution in [1.82, 2.24) is 39.9 Å². The number of carbonyl (C=O) groups excluding carboxylic acids is 4. The first-order chi connectivity index (χ1) is 63.4. The highest BCUT2D eigenvalue weighted by molar-refractivity contribution is 9.09. The Hall–Kier alpha value is -8.28. The molecule has 0 bridgehead atoms. The van der Waals surface area contributed by atoms with E-state index in [0.29, 0.717) is 60.1 Å². The predicted molar refractivity (Wildman–Crippen MR) is 552 cm³/mol. The van der Waals surface area contributed by atoms with Crippen LogP contribution in [0.3, 0.4) is 0 Å². The first-order valence-electron chi connectivity index (χ1n) is 50.2. The number of halogens is 2. The number of pyridine rings is 3. The smallest absolute Gasteiger partial charge is 0.261 e. The molecule has 8 aromatic rings. The van der Waals surface area contributed by atoms with E-state index in [4.69, 9.17) is 25.8 Å². The molecule has 0 radical (unpaired) electrons. The van der Waals surface area contributed by atoms with E-state index < -0.39 is 0 Å². The summed E-state index contributed by atoms with van der Waals surface area (Å²) >= 11 is 3.33. The number of anilines is 3. The van der Waals surface area contributed by atoms with Gasteiger partial charge in [-0.2, -0.15) is 0 Å². The predicted octanol–water partition coefficient (Wildman–Crippen LogP) is 21.4. The van der Waals surface area contributed by atoms with E-state index in [2.05, 4.69) is 238 Å². The number of nitrogens with one attached hydrogen (secondary N) is 1. The number of aliphatic hydroxyl groups is 3. The number of nitrogens with zero attached hydrogens (tertiary/aromatic N) is 10. The molecule has 0 spiro atoms. The van der Waals surface area contributed by atoms with E-state index in [-0.39, 0.29) is 81.7 Å². The van der Waals surface area contributed by atoms with Crippen LogP contribution in [0.25, 0.3) is 33.8 Å². The second kappa shape index (κ2) is 47.2. The lowest BCUT2D eigenvalue weighted by atomic mass is 9.63. The topological polar surface area (TPSA) is 228 Å². The fraction of sp³-hybridized carbons (Fsp3) is 0.562. The number of nitrogens with two attached hydrogens (primary N) is 1. The lowest BCUT2D eigenvalue weighted by molar-refractivity contribution is 0.0635. The Bertz CT molecular complexity index is 5080. The fourth-order valence-electron chi connectivity index (χ4n) is 21.4. The number of unbranched alkanes of at least 4 members (excludes halogenated alkanes) is 6.